The van der Waals surface area contributed by atoms with Gasteiger partial charge >= 0.3 is 0 Å². The van der Waals surface area contributed by atoms with E-state index in [0.717, 1.165) is 11.1 Å². The number of pyridine rings is 1. The standard InChI is InChI=1S/C14H11N3O/c1-9-16-13-5-4-10(7-12(13)14(18)17-9)11-3-2-6-15-8-11/h2-8H,1H3,(H,16,17,18). The van der Waals surface area contributed by atoms with Crippen molar-refractivity contribution in [3.8, 4) is 11.1 Å². The molecular formula is C14H11N3O. The van der Waals surface area contributed by atoms with E-state index in [1.54, 1.807) is 19.3 Å². The van der Waals surface area contributed by atoms with Crippen molar-refractivity contribution in [1.82, 2.24) is 15.0 Å². The number of fused-ring (bicyclic) bond motifs is 1. The number of rotatable bonds is 1. The highest BCUT2D eigenvalue weighted by Crippen LogP contribution is 2.20. The Hall–Kier alpha value is -2.49. The van der Waals surface area contributed by atoms with E-state index in [9.17, 15) is 4.79 Å². The van der Waals surface area contributed by atoms with E-state index < -0.39 is 0 Å². The number of aromatic amines is 1. The second kappa shape index (κ2) is 4.07. The molecule has 3 aromatic rings. The number of hydrogen-bond donors (Lipinski definition) is 1. The van der Waals surface area contributed by atoms with Gasteiger partial charge in [-0.2, -0.15) is 0 Å². The molecule has 2 aromatic heterocycles. The molecule has 0 unspecified atom stereocenters. The minimum absolute atomic E-state index is 0.108. The fourth-order valence-electron chi connectivity index (χ4n) is 1.97. The van der Waals surface area contributed by atoms with Crippen LogP contribution in [0.1, 0.15) is 5.82 Å². The van der Waals surface area contributed by atoms with E-state index >= 15 is 0 Å². The molecule has 1 aromatic carbocycles. The number of nitrogens with one attached hydrogen (secondary N) is 1. The minimum Gasteiger partial charge on any atom is -0.310 e. The predicted octanol–water partition coefficient (Wildman–Crippen LogP) is 2.29. The van der Waals surface area contributed by atoms with Crippen LogP contribution >= 0.6 is 0 Å². The summed E-state index contributed by atoms with van der Waals surface area (Å²) in [6.07, 6.45) is 3.50. The number of aryl methyl sites for hydroxylation is 1. The lowest BCUT2D eigenvalue weighted by atomic mass is 10.1. The first kappa shape index (κ1) is 10.7. The number of hydrogen-bond acceptors (Lipinski definition) is 3. The Morgan fingerprint density at radius 3 is 2.83 bits per heavy atom. The Labute approximate surface area is 103 Å². The van der Waals surface area contributed by atoms with Crippen molar-refractivity contribution < 1.29 is 0 Å². The van der Waals surface area contributed by atoms with Crippen LogP contribution in [0.15, 0.2) is 47.5 Å². The quantitative estimate of drug-likeness (QED) is 0.706. The van der Waals surface area contributed by atoms with Crippen molar-refractivity contribution in [3.63, 3.8) is 0 Å². The van der Waals surface area contributed by atoms with Gasteiger partial charge in [0.2, 0.25) is 0 Å². The lowest BCUT2D eigenvalue weighted by Crippen LogP contribution is -2.09. The molecule has 0 radical (unpaired) electrons. The molecule has 0 aliphatic rings. The van der Waals surface area contributed by atoms with E-state index in [2.05, 4.69) is 15.0 Å². The smallest absolute Gasteiger partial charge is 0.258 e. The first-order valence-corrected chi connectivity index (χ1v) is 5.65. The molecule has 0 amide bonds. The van der Waals surface area contributed by atoms with Crippen LogP contribution in [-0.4, -0.2) is 15.0 Å². The molecule has 4 nitrogen and oxygen atoms in total. The monoisotopic (exact) mass is 237 g/mol. The third-order valence-electron chi connectivity index (χ3n) is 2.82. The van der Waals surface area contributed by atoms with Crippen LogP contribution in [0.5, 0.6) is 0 Å². The molecule has 0 fully saturated rings. The van der Waals surface area contributed by atoms with E-state index in [4.69, 9.17) is 0 Å². The summed E-state index contributed by atoms with van der Waals surface area (Å²) in [5.74, 6) is 0.627. The molecule has 0 aliphatic carbocycles. The van der Waals surface area contributed by atoms with Crippen molar-refractivity contribution >= 4 is 10.9 Å². The van der Waals surface area contributed by atoms with Gasteiger partial charge in [-0.1, -0.05) is 12.1 Å². The zero-order chi connectivity index (χ0) is 12.5. The van der Waals surface area contributed by atoms with Gasteiger partial charge < -0.3 is 4.98 Å². The summed E-state index contributed by atoms with van der Waals surface area (Å²) in [6, 6.07) is 9.49. The minimum atomic E-state index is -0.108. The van der Waals surface area contributed by atoms with Crippen molar-refractivity contribution in [2.75, 3.05) is 0 Å². The summed E-state index contributed by atoms with van der Waals surface area (Å²) in [5, 5.41) is 0.599. The van der Waals surface area contributed by atoms with Crippen LogP contribution in [0.3, 0.4) is 0 Å². The second-order valence-electron chi connectivity index (χ2n) is 4.12. The molecule has 0 spiro atoms. The summed E-state index contributed by atoms with van der Waals surface area (Å²) >= 11 is 0. The second-order valence-corrected chi connectivity index (χ2v) is 4.12. The molecule has 0 saturated carbocycles. The van der Waals surface area contributed by atoms with Gasteiger partial charge in [0.15, 0.2) is 0 Å². The number of nitrogens with zero attached hydrogens (tertiary/aromatic N) is 2. The first-order chi connectivity index (χ1) is 8.74. The largest absolute Gasteiger partial charge is 0.310 e. The summed E-state index contributed by atoms with van der Waals surface area (Å²) in [7, 11) is 0. The van der Waals surface area contributed by atoms with Crippen molar-refractivity contribution in [1.29, 1.82) is 0 Å². The zero-order valence-corrected chi connectivity index (χ0v) is 9.84. The lowest BCUT2D eigenvalue weighted by molar-refractivity contribution is 1.06. The molecule has 1 N–H and O–H groups in total. The third kappa shape index (κ3) is 1.78. The molecule has 88 valence electrons. The highest BCUT2D eigenvalue weighted by molar-refractivity contribution is 5.83. The maximum Gasteiger partial charge on any atom is 0.258 e. The number of benzene rings is 1. The van der Waals surface area contributed by atoms with E-state index in [1.807, 2.05) is 30.3 Å². The van der Waals surface area contributed by atoms with Gasteiger partial charge in [0.1, 0.15) is 5.82 Å². The highest BCUT2D eigenvalue weighted by Gasteiger charge is 2.04. The fraction of sp³-hybridized carbons (Fsp3) is 0.0714. The van der Waals surface area contributed by atoms with Gasteiger partial charge in [0.25, 0.3) is 5.56 Å². The average molecular weight is 237 g/mol. The van der Waals surface area contributed by atoms with Crippen molar-refractivity contribution in [3.05, 3.63) is 58.9 Å². The van der Waals surface area contributed by atoms with Gasteiger partial charge in [0.05, 0.1) is 10.9 Å². The molecule has 2 heterocycles. The Balaban J connectivity index is 2.27. The summed E-state index contributed by atoms with van der Waals surface area (Å²) in [6.45, 7) is 1.77. The van der Waals surface area contributed by atoms with Gasteiger partial charge in [0, 0.05) is 18.0 Å². The van der Waals surface area contributed by atoms with Gasteiger partial charge in [-0.05, 0) is 30.7 Å². The van der Waals surface area contributed by atoms with Gasteiger partial charge in [-0.3, -0.25) is 9.78 Å². The summed E-state index contributed by atoms with van der Waals surface area (Å²) in [4.78, 5) is 23.0. The molecule has 0 saturated heterocycles. The first-order valence-electron chi connectivity index (χ1n) is 5.65. The Bertz CT molecular complexity index is 763. The summed E-state index contributed by atoms with van der Waals surface area (Å²) in [5.41, 5.74) is 2.55. The highest BCUT2D eigenvalue weighted by atomic mass is 16.1. The van der Waals surface area contributed by atoms with Crippen LogP contribution in [0.2, 0.25) is 0 Å². The van der Waals surface area contributed by atoms with Crippen LogP contribution in [-0.2, 0) is 0 Å². The Kier molecular flexibility index (Phi) is 2.41. The van der Waals surface area contributed by atoms with E-state index in [-0.39, 0.29) is 5.56 Å². The molecule has 0 aliphatic heterocycles. The Morgan fingerprint density at radius 1 is 1.17 bits per heavy atom. The van der Waals surface area contributed by atoms with Crippen molar-refractivity contribution in [2.24, 2.45) is 0 Å². The molecule has 3 rings (SSSR count). The fourth-order valence-corrected chi connectivity index (χ4v) is 1.97. The van der Waals surface area contributed by atoms with Gasteiger partial charge in [-0.15, -0.1) is 0 Å². The Morgan fingerprint density at radius 2 is 2.06 bits per heavy atom. The lowest BCUT2D eigenvalue weighted by Gasteiger charge is -2.03. The maximum absolute atomic E-state index is 11.9. The molecule has 4 heteroatoms. The van der Waals surface area contributed by atoms with Crippen LogP contribution in [0.4, 0.5) is 0 Å². The predicted molar refractivity (Wildman–Crippen MR) is 70.3 cm³/mol. The van der Waals surface area contributed by atoms with E-state index in [0.29, 0.717) is 16.7 Å². The number of H-pyrrole nitrogens is 1. The van der Waals surface area contributed by atoms with Crippen molar-refractivity contribution in [2.45, 2.75) is 6.92 Å². The average Bonchev–Trinajstić information content (AvgIpc) is 2.39. The molecule has 0 atom stereocenters. The SMILES string of the molecule is Cc1nc2ccc(-c3cccnc3)cc2c(=O)[nH]1. The topological polar surface area (TPSA) is 58.6 Å². The van der Waals surface area contributed by atoms with Gasteiger partial charge in [-0.25, -0.2) is 4.98 Å². The molecule has 18 heavy (non-hydrogen) atoms. The zero-order valence-electron chi connectivity index (χ0n) is 9.84. The van der Waals surface area contributed by atoms with Crippen LogP contribution in [0, 0.1) is 6.92 Å². The maximum atomic E-state index is 11.9. The summed E-state index contributed by atoms with van der Waals surface area (Å²) < 4.78 is 0. The van der Waals surface area contributed by atoms with Crippen LogP contribution in [0.25, 0.3) is 22.0 Å². The molecular weight excluding hydrogens is 226 g/mol. The van der Waals surface area contributed by atoms with E-state index in [1.165, 1.54) is 0 Å². The van der Waals surface area contributed by atoms with Crippen LogP contribution < -0.4 is 5.56 Å². The third-order valence-corrected chi connectivity index (χ3v) is 2.82. The normalized spacial score (nSPS) is 10.7. The number of aromatic nitrogens is 3. The molecule has 0 bridgehead atoms.